The Morgan fingerprint density at radius 1 is 0.958 bits per heavy atom. The Hall–Kier alpha value is -3.05. The van der Waals surface area contributed by atoms with Gasteiger partial charge in [-0.15, -0.1) is 0 Å². The average Bonchev–Trinajstić information content (AvgIpc) is 3.05. The van der Waals surface area contributed by atoms with E-state index in [0.717, 1.165) is 33.7 Å². The Labute approximate surface area is 137 Å². The van der Waals surface area contributed by atoms with Gasteiger partial charge in [-0.2, -0.15) is 5.10 Å². The molecule has 1 N–H and O–H groups in total. The van der Waals surface area contributed by atoms with Crippen LogP contribution in [0.5, 0.6) is 0 Å². The lowest BCUT2D eigenvalue weighted by atomic mass is 10.1. The predicted molar refractivity (Wildman–Crippen MR) is 89.7 cm³/mol. The number of aromatic nitrogens is 3. The number of rotatable bonds is 3. The molecule has 0 saturated carbocycles. The lowest BCUT2D eigenvalue weighted by molar-refractivity contribution is 0.282. The fourth-order valence-electron chi connectivity index (χ4n) is 2.67. The molecule has 0 amide bonds. The number of fused-ring (bicyclic) bond motifs is 1. The van der Waals surface area contributed by atoms with Crippen molar-refractivity contribution in [1.29, 1.82) is 0 Å². The number of imidazole rings is 1. The summed E-state index contributed by atoms with van der Waals surface area (Å²) >= 11 is 0. The van der Waals surface area contributed by atoms with Crippen LogP contribution < -0.4 is 0 Å². The van der Waals surface area contributed by atoms with Crippen molar-refractivity contribution in [2.75, 3.05) is 0 Å². The third kappa shape index (κ3) is 2.55. The van der Waals surface area contributed by atoms with Crippen LogP contribution in [0, 0.1) is 5.82 Å². The first-order valence-electron chi connectivity index (χ1n) is 7.55. The second kappa shape index (κ2) is 5.86. The molecule has 118 valence electrons. The minimum Gasteiger partial charge on any atom is -0.392 e. The maximum atomic E-state index is 13.1. The highest BCUT2D eigenvalue weighted by atomic mass is 19.1. The molecular weight excluding hydrogens is 305 g/mol. The summed E-state index contributed by atoms with van der Waals surface area (Å²) in [6.45, 7) is -0.0150. The molecule has 0 atom stereocenters. The molecule has 0 unspecified atom stereocenters. The first-order valence-corrected chi connectivity index (χ1v) is 7.55. The molecule has 4 aromatic rings. The van der Waals surface area contributed by atoms with Crippen molar-refractivity contribution in [3.63, 3.8) is 0 Å². The molecule has 0 aliphatic heterocycles. The number of aliphatic hydroxyl groups is 1. The molecule has 2 aromatic carbocycles. The Morgan fingerprint density at radius 3 is 2.58 bits per heavy atom. The summed E-state index contributed by atoms with van der Waals surface area (Å²) in [7, 11) is 0. The number of nitrogens with zero attached hydrogens (tertiary/aromatic N) is 3. The Kier molecular flexibility index (Phi) is 3.55. The first-order chi connectivity index (χ1) is 11.7. The third-order valence-electron chi connectivity index (χ3n) is 3.91. The minimum absolute atomic E-state index is 0.0150. The van der Waals surface area contributed by atoms with E-state index in [-0.39, 0.29) is 12.4 Å². The Balaban J connectivity index is 1.85. The van der Waals surface area contributed by atoms with E-state index in [0.29, 0.717) is 0 Å². The highest BCUT2D eigenvalue weighted by Gasteiger charge is 2.09. The highest BCUT2D eigenvalue weighted by molar-refractivity contribution is 5.66. The van der Waals surface area contributed by atoms with E-state index in [9.17, 15) is 9.50 Å². The number of hydrogen-bond acceptors (Lipinski definition) is 3. The summed E-state index contributed by atoms with van der Waals surface area (Å²) in [5, 5.41) is 14.0. The van der Waals surface area contributed by atoms with Crippen LogP contribution in [-0.4, -0.2) is 19.7 Å². The summed E-state index contributed by atoms with van der Waals surface area (Å²) in [6, 6.07) is 17.6. The fourth-order valence-corrected chi connectivity index (χ4v) is 2.67. The van der Waals surface area contributed by atoms with Crippen molar-refractivity contribution in [2.45, 2.75) is 6.61 Å². The predicted octanol–water partition coefficient (Wildman–Crippen LogP) is 3.69. The van der Waals surface area contributed by atoms with Crippen molar-refractivity contribution in [2.24, 2.45) is 0 Å². The molecule has 2 aromatic heterocycles. The molecule has 4 rings (SSSR count). The van der Waals surface area contributed by atoms with Crippen LogP contribution in [-0.2, 0) is 6.61 Å². The van der Waals surface area contributed by atoms with Crippen LogP contribution in [0.4, 0.5) is 4.39 Å². The van der Waals surface area contributed by atoms with Gasteiger partial charge in [-0.05, 0) is 48.0 Å². The summed E-state index contributed by atoms with van der Waals surface area (Å²) in [4.78, 5) is 4.38. The van der Waals surface area contributed by atoms with Crippen molar-refractivity contribution in [3.8, 4) is 22.5 Å². The average molecular weight is 319 g/mol. The molecule has 0 aliphatic carbocycles. The van der Waals surface area contributed by atoms with Gasteiger partial charge < -0.3 is 5.11 Å². The van der Waals surface area contributed by atoms with Gasteiger partial charge in [0.1, 0.15) is 5.82 Å². The maximum Gasteiger partial charge on any atom is 0.154 e. The molecule has 0 fully saturated rings. The molecule has 2 heterocycles. The smallest absolute Gasteiger partial charge is 0.154 e. The normalized spacial score (nSPS) is 11.1. The topological polar surface area (TPSA) is 50.4 Å². The quantitative estimate of drug-likeness (QED) is 0.626. The van der Waals surface area contributed by atoms with Crippen LogP contribution >= 0.6 is 0 Å². The molecule has 0 saturated heterocycles. The van der Waals surface area contributed by atoms with Gasteiger partial charge in [-0.1, -0.05) is 18.2 Å². The molecule has 0 bridgehead atoms. The van der Waals surface area contributed by atoms with Crippen LogP contribution in [0.15, 0.2) is 66.9 Å². The van der Waals surface area contributed by atoms with E-state index in [1.807, 2.05) is 36.4 Å². The van der Waals surface area contributed by atoms with Crippen molar-refractivity contribution in [3.05, 3.63) is 78.2 Å². The van der Waals surface area contributed by atoms with Crippen molar-refractivity contribution < 1.29 is 9.50 Å². The molecule has 0 spiro atoms. The van der Waals surface area contributed by atoms with E-state index in [2.05, 4.69) is 10.1 Å². The number of halogens is 1. The molecule has 5 heteroatoms. The molecule has 0 radical (unpaired) electrons. The van der Waals surface area contributed by atoms with Gasteiger partial charge in [0.05, 0.1) is 24.2 Å². The summed E-state index contributed by atoms with van der Waals surface area (Å²) in [6.07, 6.45) is 1.76. The van der Waals surface area contributed by atoms with Gasteiger partial charge in [-0.3, -0.25) is 0 Å². The van der Waals surface area contributed by atoms with E-state index in [4.69, 9.17) is 0 Å². The molecule has 24 heavy (non-hydrogen) atoms. The second-order valence-corrected chi connectivity index (χ2v) is 5.50. The van der Waals surface area contributed by atoms with Crippen LogP contribution in [0.2, 0.25) is 0 Å². The second-order valence-electron chi connectivity index (χ2n) is 5.50. The third-order valence-corrected chi connectivity index (χ3v) is 3.91. The van der Waals surface area contributed by atoms with Crippen LogP contribution in [0.25, 0.3) is 28.2 Å². The van der Waals surface area contributed by atoms with Gasteiger partial charge in [0.25, 0.3) is 0 Å². The maximum absolute atomic E-state index is 13.1. The van der Waals surface area contributed by atoms with Gasteiger partial charge in [0.2, 0.25) is 0 Å². The zero-order chi connectivity index (χ0) is 16.5. The molecular formula is C19H14FN3O. The Morgan fingerprint density at radius 2 is 1.79 bits per heavy atom. The first kappa shape index (κ1) is 14.5. The van der Waals surface area contributed by atoms with E-state index in [1.54, 1.807) is 22.8 Å². The SMILES string of the molecule is OCc1cccc(-c2cnc3ccc(-c4ccc(F)cc4)nn23)c1. The fraction of sp³-hybridized carbons (Fsp3) is 0.0526. The van der Waals surface area contributed by atoms with Gasteiger partial charge in [0.15, 0.2) is 5.65 Å². The Bertz CT molecular complexity index is 1010. The summed E-state index contributed by atoms with van der Waals surface area (Å²) in [5.41, 5.74) is 4.89. The van der Waals surface area contributed by atoms with Crippen LogP contribution in [0.3, 0.4) is 0 Å². The largest absolute Gasteiger partial charge is 0.392 e. The summed E-state index contributed by atoms with van der Waals surface area (Å²) in [5.74, 6) is -0.274. The lowest BCUT2D eigenvalue weighted by Gasteiger charge is -2.06. The standard InChI is InChI=1S/C19H14FN3O/c20-16-6-4-14(5-7-16)17-8-9-19-21-11-18(23(19)22-17)15-3-1-2-13(10-15)12-24/h1-11,24H,12H2. The lowest BCUT2D eigenvalue weighted by Crippen LogP contribution is -1.97. The van der Waals surface area contributed by atoms with Crippen LogP contribution in [0.1, 0.15) is 5.56 Å². The van der Waals surface area contributed by atoms with Crippen molar-refractivity contribution >= 4 is 5.65 Å². The highest BCUT2D eigenvalue weighted by Crippen LogP contribution is 2.24. The van der Waals surface area contributed by atoms with Gasteiger partial charge in [0, 0.05) is 11.1 Å². The minimum atomic E-state index is -0.274. The summed E-state index contributed by atoms with van der Waals surface area (Å²) < 4.78 is 14.9. The zero-order valence-corrected chi connectivity index (χ0v) is 12.7. The van der Waals surface area contributed by atoms with Gasteiger partial charge in [-0.25, -0.2) is 13.9 Å². The molecule has 0 aliphatic rings. The van der Waals surface area contributed by atoms with Crippen molar-refractivity contribution in [1.82, 2.24) is 14.6 Å². The van der Waals surface area contributed by atoms with E-state index >= 15 is 0 Å². The zero-order valence-electron chi connectivity index (χ0n) is 12.7. The monoisotopic (exact) mass is 319 g/mol. The van der Waals surface area contributed by atoms with E-state index < -0.39 is 0 Å². The molecule has 4 nitrogen and oxygen atoms in total. The van der Waals surface area contributed by atoms with Gasteiger partial charge >= 0.3 is 0 Å². The number of aliphatic hydroxyl groups excluding tert-OH is 1. The number of benzene rings is 2. The van der Waals surface area contributed by atoms with E-state index in [1.165, 1.54) is 12.1 Å². The number of hydrogen-bond donors (Lipinski definition) is 1.